The number of nitrogens with one attached hydrogen (secondary N) is 1. The van der Waals surface area contributed by atoms with E-state index in [1.165, 1.54) is 18.3 Å². The molecule has 8 nitrogen and oxygen atoms in total. The number of carbonyl (C=O) groups excluding carboxylic acids is 2. The van der Waals surface area contributed by atoms with Gasteiger partial charge in [0.05, 0.1) is 23.9 Å². The second kappa shape index (κ2) is 7.33. The first kappa shape index (κ1) is 21.3. The zero-order chi connectivity index (χ0) is 22.6. The number of halogens is 3. The van der Waals surface area contributed by atoms with E-state index in [1.807, 2.05) is 13.8 Å². The van der Waals surface area contributed by atoms with Crippen LogP contribution in [0.25, 0.3) is 0 Å². The second-order valence-electron chi connectivity index (χ2n) is 8.51. The van der Waals surface area contributed by atoms with Crippen molar-refractivity contribution in [2.24, 2.45) is 5.73 Å². The number of hydrogen-bond acceptors (Lipinski definition) is 5. The van der Waals surface area contributed by atoms with Gasteiger partial charge in [0.2, 0.25) is 0 Å². The lowest BCUT2D eigenvalue weighted by molar-refractivity contribution is -0.190. The first-order valence-corrected chi connectivity index (χ1v) is 9.87. The molecule has 1 saturated heterocycles. The van der Waals surface area contributed by atoms with E-state index in [0.29, 0.717) is 19.3 Å². The Hall–Kier alpha value is -2.95. The number of primary amides is 1. The van der Waals surface area contributed by atoms with E-state index < -0.39 is 29.2 Å². The van der Waals surface area contributed by atoms with Gasteiger partial charge in [-0.1, -0.05) is 0 Å². The molecule has 166 valence electrons. The lowest BCUT2D eigenvalue weighted by Crippen LogP contribution is -2.48. The summed E-state index contributed by atoms with van der Waals surface area (Å²) in [4.78, 5) is 28.1. The Balaban J connectivity index is 1.70. The van der Waals surface area contributed by atoms with Crippen LogP contribution in [-0.2, 0) is 17.5 Å². The summed E-state index contributed by atoms with van der Waals surface area (Å²) in [7, 11) is 0. The van der Waals surface area contributed by atoms with Gasteiger partial charge in [-0.3, -0.25) is 19.3 Å². The third-order valence-electron chi connectivity index (χ3n) is 5.29. The number of rotatable bonds is 6. The minimum atomic E-state index is -4.75. The number of carbonyl (C=O) groups is 2. The van der Waals surface area contributed by atoms with Crippen molar-refractivity contribution in [3.63, 3.8) is 0 Å². The van der Waals surface area contributed by atoms with Crippen LogP contribution in [0.3, 0.4) is 0 Å². The Kier molecular flexibility index (Phi) is 5.03. The zero-order valence-electron chi connectivity index (χ0n) is 17.0. The highest BCUT2D eigenvalue weighted by molar-refractivity contribution is 6.05. The Morgan fingerprint density at radius 3 is 2.58 bits per heavy atom. The van der Waals surface area contributed by atoms with Crippen LogP contribution >= 0.6 is 0 Å². The molecule has 0 aromatic carbocycles. The third-order valence-corrected chi connectivity index (χ3v) is 5.29. The molecule has 2 aromatic rings. The Bertz CT molecular complexity index is 1040. The molecule has 1 aliphatic heterocycles. The summed E-state index contributed by atoms with van der Waals surface area (Å²) in [5, 5.41) is 6.60. The van der Waals surface area contributed by atoms with E-state index in [2.05, 4.69) is 15.4 Å². The number of ether oxygens (including phenoxy) is 1. The molecule has 0 radical (unpaired) electrons. The first-order chi connectivity index (χ1) is 14.4. The third kappa shape index (κ3) is 4.41. The normalized spacial score (nSPS) is 20.2. The molecular formula is C20H22F3N5O3. The van der Waals surface area contributed by atoms with Gasteiger partial charge in [0.15, 0.2) is 0 Å². The number of pyridine rings is 1. The molecule has 2 aliphatic rings. The van der Waals surface area contributed by atoms with Crippen molar-refractivity contribution in [3.05, 3.63) is 41.0 Å². The molecule has 31 heavy (non-hydrogen) atoms. The summed E-state index contributed by atoms with van der Waals surface area (Å²) >= 11 is 0. The quantitative estimate of drug-likeness (QED) is 0.721. The highest BCUT2D eigenvalue weighted by Gasteiger charge is 2.47. The summed E-state index contributed by atoms with van der Waals surface area (Å²) in [5.74, 6) is -2.12. The van der Waals surface area contributed by atoms with Gasteiger partial charge >= 0.3 is 6.18 Å². The predicted molar refractivity (Wildman–Crippen MR) is 103 cm³/mol. The molecule has 2 fully saturated rings. The van der Waals surface area contributed by atoms with Gasteiger partial charge in [-0.25, -0.2) is 0 Å². The fraction of sp³-hybridized carbons (Fsp3) is 0.500. The second-order valence-corrected chi connectivity index (χ2v) is 8.51. The molecule has 1 aliphatic carbocycles. The highest BCUT2D eigenvalue weighted by atomic mass is 19.4. The van der Waals surface area contributed by atoms with E-state index in [1.54, 1.807) is 0 Å². The zero-order valence-corrected chi connectivity index (χ0v) is 17.0. The van der Waals surface area contributed by atoms with Gasteiger partial charge in [0, 0.05) is 24.2 Å². The fourth-order valence-corrected chi connectivity index (χ4v) is 3.88. The van der Waals surface area contributed by atoms with Crippen LogP contribution in [0.15, 0.2) is 18.3 Å². The van der Waals surface area contributed by atoms with Crippen molar-refractivity contribution < 1.29 is 27.5 Å². The van der Waals surface area contributed by atoms with Gasteiger partial charge in [-0.2, -0.15) is 18.3 Å². The van der Waals surface area contributed by atoms with Crippen LogP contribution in [0.2, 0.25) is 0 Å². The van der Waals surface area contributed by atoms with Crippen LogP contribution < -0.4 is 11.1 Å². The van der Waals surface area contributed by atoms with Crippen LogP contribution in [0.4, 0.5) is 18.9 Å². The molecule has 1 saturated carbocycles. The topological polar surface area (TPSA) is 112 Å². The minimum Gasteiger partial charge on any atom is -0.370 e. The number of amides is 2. The van der Waals surface area contributed by atoms with E-state index in [4.69, 9.17) is 10.5 Å². The Morgan fingerprint density at radius 2 is 2.03 bits per heavy atom. The molecule has 3 N–H and O–H groups in total. The summed E-state index contributed by atoms with van der Waals surface area (Å²) in [6, 6.07) is 2.56. The molecule has 11 heteroatoms. The first-order valence-electron chi connectivity index (χ1n) is 9.87. The number of anilines is 1. The predicted octanol–water partition coefficient (Wildman–Crippen LogP) is 3.09. The number of hydrogen-bond donors (Lipinski definition) is 2. The maximum atomic E-state index is 14.0. The average Bonchev–Trinajstić information content (AvgIpc) is 3.40. The molecule has 3 heterocycles. The van der Waals surface area contributed by atoms with Crippen molar-refractivity contribution >= 4 is 17.5 Å². The lowest BCUT2D eigenvalue weighted by Gasteiger charge is -2.43. The van der Waals surface area contributed by atoms with Gasteiger partial charge < -0.3 is 15.8 Å². The smallest absolute Gasteiger partial charge is 0.370 e. The highest BCUT2D eigenvalue weighted by Crippen LogP contribution is 2.47. The summed E-state index contributed by atoms with van der Waals surface area (Å²) < 4.78 is 48.8. The summed E-state index contributed by atoms with van der Waals surface area (Å²) in [6.45, 7) is 3.80. The van der Waals surface area contributed by atoms with Crippen LogP contribution in [0.1, 0.15) is 71.3 Å². The number of aromatic nitrogens is 3. The molecule has 0 bridgehead atoms. The molecule has 2 aromatic heterocycles. The molecule has 1 atom stereocenters. The van der Waals surface area contributed by atoms with Gasteiger partial charge in [-0.15, -0.1) is 0 Å². The van der Waals surface area contributed by atoms with Crippen LogP contribution in [0, 0.1) is 0 Å². The number of nitrogens with two attached hydrogens (primary N) is 1. The van der Waals surface area contributed by atoms with Gasteiger partial charge in [-0.05, 0) is 38.8 Å². The van der Waals surface area contributed by atoms with E-state index in [9.17, 15) is 22.8 Å². The Labute approximate surface area is 176 Å². The standard InChI is InChI=1S/C20H22F3N5O3/c1-19(2)8-12(31-19)9-28-16(14(20(21,22)23)15(27-28)10-3-4-10)18(30)26-11-5-6-25-13(7-11)17(24)29/h5-7,10,12H,3-4,8-9H2,1-2H3,(H2,24,29)(H,25,26,30). The van der Waals surface area contributed by atoms with Gasteiger partial charge in [0.1, 0.15) is 17.0 Å². The summed E-state index contributed by atoms with van der Waals surface area (Å²) in [5.41, 5.74) is 3.11. The lowest BCUT2D eigenvalue weighted by atomic mass is 9.93. The number of alkyl halides is 3. The monoisotopic (exact) mass is 437 g/mol. The van der Waals surface area contributed by atoms with E-state index in [-0.39, 0.29) is 41.2 Å². The van der Waals surface area contributed by atoms with Crippen molar-refractivity contribution in [2.45, 2.75) is 63.5 Å². The minimum absolute atomic E-state index is 0.0326. The SMILES string of the molecule is CC1(C)CC(Cn2nc(C3CC3)c(C(F)(F)F)c2C(=O)Nc2ccnc(C(N)=O)c2)O1. The molecule has 0 spiro atoms. The van der Waals surface area contributed by atoms with Crippen LogP contribution in [-0.4, -0.2) is 38.3 Å². The maximum Gasteiger partial charge on any atom is 0.420 e. The molecular weight excluding hydrogens is 415 g/mol. The molecule has 4 rings (SSSR count). The molecule has 2 amide bonds. The van der Waals surface area contributed by atoms with Crippen molar-refractivity contribution in [2.75, 3.05) is 5.32 Å². The number of nitrogens with zero attached hydrogens (tertiary/aromatic N) is 3. The average molecular weight is 437 g/mol. The fourth-order valence-electron chi connectivity index (χ4n) is 3.88. The van der Waals surface area contributed by atoms with E-state index in [0.717, 1.165) is 4.68 Å². The largest absolute Gasteiger partial charge is 0.420 e. The summed E-state index contributed by atoms with van der Waals surface area (Å²) in [6.07, 6.45) is -2.02. The van der Waals surface area contributed by atoms with Gasteiger partial charge in [0.25, 0.3) is 11.8 Å². The molecule has 1 unspecified atom stereocenters. The van der Waals surface area contributed by atoms with Crippen molar-refractivity contribution in [1.82, 2.24) is 14.8 Å². The van der Waals surface area contributed by atoms with Crippen molar-refractivity contribution in [3.8, 4) is 0 Å². The Morgan fingerprint density at radius 1 is 1.35 bits per heavy atom. The maximum absolute atomic E-state index is 14.0. The van der Waals surface area contributed by atoms with Crippen LogP contribution in [0.5, 0.6) is 0 Å². The van der Waals surface area contributed by atoms with Crippen molar-refractivity contribution in [1.29, 1.82) is 0 Å². The van der Waals surface area contributed by atoms with E-state index >= 15 is 0 Å².